The fourth-order valence-electron chi connectivity index (χ4n) is 2.46. The van der Waals surface area contributed by atoms with Crippen molar-refractivity contribution < 1.29 is 9.18 Å². The molecule has 1 N–H and O–H groups in total. The molecule has 118 valence electrons. The molecule has 0 bridgehead atoms. The van der Waals surface area contributed by atoms with Crippen molar-refractivity contribution >= 4 is 11.6 Å². The van der Waals surface area contributed by atoms with Gasteiger partial charge in [-0.15, -0.1) is 0 Å². The molecule has 23 heavy (non-hydrogen) atoms. The monoisotopic (exact) mass is 312 g/mol. The zero-order valence-corrected chi connectivity index (χ0v) is 13.0. The number of benzene rings is 1. The number of nitrogens with zero attached hydrogens (tertiary/aromatic N) is 3. The van der Waals surface area contributed by atoms with E-state index in [1.165, 1.54) is 6.07 Å². The number of hydrogen-bond acceptors (Lipinski definition) is 3. The minimum Gasteiger partial charge on any atom is -0.350 e. The number of rotatable bonds is 4. The number of fused-ring (bicyclic) bond motifs is 1. The first-order chi connectivity index (χ1) is 11.0. The second kappa shape index (κ2) is 6.16. The lowest BCUT2D eigenvalue weighted by molar-refractivity contribution is 0.0949. The Labute approximate surface area is 133 Å². The van der Waals surface area contributed by atoms with E-state index in [1.807, 2.05) is 19.9 Å². The van der Waals surface area contributed by atoms with Crippen molar-refractivity contribution in [3.05, 3.63) is 64.9 Å². The van der Waals surface area contributed by atoms with Crippen LogP contribution in [0.4, 0.5) is 4.39 Å². The van der Waals surface area contributed by atoms with E-state index in [2.05, 4.69) is 15.4 Å². The van der Waals surface area contributed by atoms with E-state index in [-0.39, 0.29) is 11.7 Å². The van der Waals surface area contributed by atoms with Crippen molar-refractivity contribution in [3.8, 4) is 0 Å². The van der Waals surface area contributed by atoms with Gasteiger partial charge in [0.15, 0.2) is 5.65 Å². The van der Waals surface area contributed by atoms with Crippen molar-refractivity contribution in [2.24, 2.45) is 0 Å². The zero-order chi connectivity index (χ0) is 16.4. The van der Waals surface area contributed by atoms with E-state index in [9.17, 15) is 9.18 Å². The van der Waals surface area contributed by atoms with Crippen molar-refractivity contribution in [1.29, 1.82) is 0 Å². The molecule has 0 saturated carbocycles. The minimum absolute atomic E-state index is 0.258. The summed E-state index contributed by atoms with van der Waals surface area (Å²) in [6, 6.07) is 10.1. The van der Waals surface area contributed by atoms with E-state index in [0.29, 0.717) is 29.9 Å². The molecule has 0 aliphatic carbocycles. The number of halogens is 1. The molecule has 0 aliphatic rings. The van der Waals surface area contributed by atoms with Crippen LogP contribution in [-0.2, 0) is 6.42 Å². The third-order valence-corrected chi connectivity index (χ3v) is 3.60. The fourth-order valence-corrected chi connectivity index (χ4v) is 2.46. The number of carbonyl (C=O) groups is 1. The van der Waals surface area contributed by atoms with E-state index in [0.717, 1.165) is 11.4 Å². The van der Waals surface area contributed by atoms with Gasteiger partial charge in [-0.25, -0.2) is 13.9 Å². The predicted molar refractivity (Wildman–Crippen MR) is 84.9 cm³/mol. The van der Waals surface area contributed by atoms with Gasteiger partial charge in [-0.05, 0) is 38.0 Å². The van der Waals surface area contributed by atoms with Gasteiger partial charge in [0, 0.05) is 18.3 Å². The maximum absolute atomic E-state index is 13.5. The number of carbonyl (C=O) groups excluding carboxylic acids is 1. The third kappa shape index (κ3) is 3.21. The zero-order valence-electron chi connectivity index (χ0n) is 13.0. The summed E-state index contributed by atoms with van der Waals surface area (Å²) in [7, 11) is 0. The quantitative estimate of drug-likeness (QED) is 0.805. The minimum atomic E-state index is -0.272. The number of aryl methyl sites for hydroxylation is 2. The Morgan fingerprint density at radius 3 is 2.83 bits per heavy atom. The average Bonchev–Trinajstić information content (AvgIpc) is 2.90. The molecule has 0 aliphatic heterocycles. The van der Waals surface area contributed by atoms with Crippen LogP contribution in [0.3, 0.4) is 0 Å². The highest BCUT2D eigenvalue weighted by atomic mass is 19.1. The molecule has 0 saturated heterocycles. The highest BCUT2D eigenvalue weighted by molar-refractivity contribution is 5.92. The van der Waals surface area contributed by atoms with Gasteiger partial charge in [-0.2, -0.15) is 5.10 Å². The normalized spacial score (nSPS) is 10.9. The summed E-state index contributed by atoms with van der Waals surface area (Å²) < 4.78 is 15.2. The summed E-state index contributed by atoms with van der Waals surface area (Å²) in [4.78, 5) is 16.5. The second-order valence-electron chi connectivity index (χ2n) is 5.44. The molecule has 1 aromatic carbocycles. The molecule has 6 heteroatoms. The van der Waals surface area contributed by atoms with Gasteiger partial charge in [0.25, 0.3) is 5.91 Å². The van der Waals surface area contributed by atoms with E-state index >= 15 is 0 Å². The molecule has 2 heterocycles. The standard InChI is InChI=1S/C17H17FN4O/c1-11-9-16-20-15(10-12(2)22(16)21-11)17(23)19-8-7-13-5-3-4-6-14(13)18/h3-6,9-10H,7-8H2,1-2H3,(H,19,23). The van der Waals surface area contributed by atoms with Gasteiger partial charge < -0.3 is 5.32 Å². The Hall–Kier alpha value is -2.76. The van der Waals surface area contributed by atoms with Crippen LogP contribution < -0.4 is 5.32 Å². The van der Waals surface area contributed by atoms with Crippen LogP contribution >= 0.6 is 0 Å². The largest absolute Gasteiger partial charge is 0.350 e. The lowest BCUT2D eigenvalue weighted by Gasteiger charge is -2.07. The van der Waals surface area contributed by atoms with Crippen LogP contribution in [-0.4, -0.2) is 27.0 Å². The lowest BCUT2D eigenvalue weighted by Crippen LogP contribution is -2.27. The fraction of sp³-hybridized carbons (Fsp3) is 0.235. The molecule has 0 atom stereocenters. The van der Waals surface area contributed by atoms with Crippen LogP contribution in [0, 0.1) is 19.7 Å². The molecule has 0 unspecified atom stereocenters. The summed E-state index contributed by atoms with van der Waals surface area (Å²) in [6.45, 7) is 4.10. The second-order valence-corrected chi connectivity index (χ2v) is 5.44. The summed E-state index contributed by atoms with van der Waals surface area (Å²) >= 11 is 0. The molecule has 2 aromatic heterocycles. The van der Waals surface area contributed by atoms with Gasteiger partial charge in [0.05, 0.1) is 5.69 Å². The maximum atomic E-state index is 13.5. The summed E-state index contributed by atoms with van der Waals surface area (Å²) in [5.41, 5.74) is 3.24. The Morgan fingerprint density at radius 1 is 1.26 bits per heavy atom. The van der Waals surface area contributed by atoms with Crippen LogP contribution in [0.25, 0.3) is 5.65 Å². The topological polar surface area (TPSA) is 59.3 Å². The molecule has 0 radical (unpaired) electrons. The number of aromatic nitrogens is 3. The molecule has 3 rings (SSSR count). The molecule has 0 spiro atoms. The van der Waals surface area contributed by atoms with Crippen molar-refractivity contribution in [3.63, 3.8) is 0 Å². The number of amides is 1. The number of nitrogens with one attached hydrogen (secondary N) is 1. The number of hydrogen-bond donors (Lipinski definition) is 1. The Kier molecular flexibility index (Phi) is 4.06. The maximum Gasteiger partial charge on any atom is 0.270 e. The molecular weight excluding hydrogens is 295 g/mol. The molecule has 1 amide bonds. The van der Waals surface area contributed by atoms with Crippen molar-refractivity contribution in [1.82, 2.24) is 19.9 Å². The van der Waals surface area contributed by atoms with Gasteiger partial charge in [-0.1, -0.05) is 18.2 Å². The summed E-state index contributed by atoms with van der Waals surface area (Å²) in [5.74, 6) is -0.530. The Morgan fingerprint density at radius 2 is 2.04 bits per heavy atom. The SMILES string of the molecule is Cc1cc2nc(C(=O)NCCc3ccccc3F)cc(C)n2n1. The van der Waals surface area contributed by atoms with Gasteiger partial charge >= 0.3 is 0 Å². The Balaban J connectivity index is 1.70. The first kappa shape index (κ1) is 15.1. The lowest BCUT2D eigenvalue weighted by atomic mass is 10.1. The van der Waals surface area contributed by atoms with E-state index in [1.54, 1.807) is 28.8 Å². The highest BCUT2D eigenvalue weighted by Crippen LogP contribution is 2.09. The molecular formula is C17H17FN4O. The smallest absolute Gasteiger partial charge is 0.270 e. The third-order valence-electron chi connectivity index (χ3n) is 3.60. The van der Waals surface area contributed by atoms with Gasteiger partial charge in [0.2, 0.25) is 0 Å². The predicted octanol–water partition coefficient (Wildman–Crippen LogP) is 2.46. The van der Waals surface area contributed by atoms with E-state index in [4.69, 9.17) is 0 Å². The molecule has 0 fully saturated rings. The first-order valence-corrected chi connectivity index (χ1v) is 7.40. The van der Waals surface area contributed by atoms with Crippen molar-refractivity contribution in [2.45, 2.75) is 20.3 Å². The first-order valence-electron chi connectivity index (χ1n) is 7.40. The Bertz CT molecular complexity index is 872. The molecule has 5 nitrogen and oxygen atoms in total. The van der Waals surface area contributed by atoms with Crippen LogP contribution in [0.15, 0.2) is 36.4 Å². The van der Waals surface area contributed by atoms with Gasteiger partial charge in [-0.3, -0.25) is 4.79 Å². The van der Waals surface area contributed by atoms with Gasteiger partial charge in [0.1, 0.15) is 11.5 Å². The summed E-state index contributed by atoms with van der Waals surface area (Å²) in [5, 5.41) is 7.08. The molecule has 3 aromatic rings. The van der Waals surface area contributed by atoms with Crippen LogP contribution in [0.5, 0.6) is 0 Å². The average molecular weight is 312 g/mol. The summed E-state index contributed by atoms with van der Waals surface area (Å²) in [6.07, 6.45) is 0.436. The highest BCUT2D eigenvalue weighted by Gasteiger charge is 2.11. The van der Waals surface area contributed by atoms with Crippen molar-refractivity contribution in [2.75, 3.05) is 6.54 Å². The van der Waals surface area contributed by atoms with E-state index < -0.39 is 0 Å². The van der Waals surface area contributed by atoms with Crippen LogP contribution in [0.2, 0.25) is 0 Å². The van der Waals surface area contributed by atoms with Crippen LogP contribution in [0.1, 0.15) is 27.4 Å².